The molecule has 3 aromatic carbocycles. The van der Waals surface area contributed by atoms with Gasteiger partial charge in [0.2, 0.25) is 0 Å². The largest absolute Gasteiger partial charge is 0.484 e. The van der Waals surface area contributed by atoms with Crippen LogP contribution in [0.5, 0.6) is 5.75 Å². The molecule has 0 spiro atoms. The fourth-order valence-corrected chi connectivity index (χ4v) is 4.18. The van der Waals surface area contributed by atoms with E-state index in [1.54, 1.807) is 42.5 Å². The highest BCUT2D eigenvalue weighted by molar-refractivity contribution is 8.18. The number of hydrogen-bond donors (Lipinski definition) is 2. The number of carbonyl (C=O) groups excluding carboxylic acids is 2. The lowest BCUT2D eigenvalue weighted by atomic mass is 10.1. The Hall–Kier alpha value is -3.55. The van der Waals surface area contributed by atoms with Gasteiger partial charge >= 0.3 is 0 Å². The van der Waals surface area contributed by atoms with Crippen molar-refractivity contribution in [3.8, 4) is 5.75 Å². The van der Waals surface area contributed by atoms with Crippen LogP contribution in [0.25, 0.3) is 6.08 Å². The van der Waals surface area contributed by atoms with Gasteiger partial charge in [-0.2, -0.15) is 0 Å². The summed E-state index contributed by atoms with van der Waals surface area (Å²) in [5.41, 5.74) is 4.43. The lowest BCUT2D eigenvalue weighted by Crippen LogP contribution is -2.20. The van der Waals surface area contributed by atoms with E-state index < -0.39 is 0 Å². The predicted octanol–water partition coefficient (Wildman–Crippen LogP) is 5.87. The number of nitrogens with one attached hydrogen (secondary N) is 2. The summed E-state index contributed by atoms with van der Waals surface area (Å²) in [6.45, 7) is 3.89. The van der Waals surface area contributed by atoms with E-state index in [0.29, 0.717) is 26.5 Å². The van der Waals surface area contributed by atoms with Crippen LogP contribution >= 0.6 is 23.4 Å². The second kappa shape index (κ2) is 10.6. The molecule has 8 heteroatoms. The quantitative estimate of drug-likeness (QED) is 0.423. The third-order valence-corrected chi connectivity index (χ3v) is 6.15. The molecule has 4 rings (SSSR count). The summed E-state index contributed by atoms with van der Waals surface area (Å²) in [5.74, 6) is 0.0466. The number of rotatable bonds is 6. The van der Waals surface area contributed by atoms with Gasteiger partial charge in [-0.3, -0.25) is 9.59 Å². The number of carbonyl (C=O) groups is 2. The summed E-state index contributed by atoms with van der Waals surface area (Å²) in [6.07, 6.45) is 1.75. The maximum absolute atomic E-state index is 12.4. The number of aliphatic imine (C=N–C) groups is 1. The van der Waals surface area contributed by atoms with Crippen LogP contribution in [0.1, 0.15) is 16.7 Å². The van der Waals surface area contributed by atoms with Crippen LogP contribution in [0.15, 0.2) is 76.6 Å². The van der Waals surface area contributed by atoms with Crippen LogP contribution in [-0.2, 0) is 9.59 Å². The Morgan fingerprint density at radius 3 is 2.71 bits per heavy atom. The fourth-order valence-electron chi connectivity index (χ4n) is 3.15. The molecule has 34 heavy (non-hydrogen) atoms. The molecule has 1 fully saturated rings. The molecule has 3 aromatic rings. The van der Waals surface area contributed by atoms with Gasteiger partial charge in [-0.15, -0.1) is 0 Å². The zero-order chi connectivity index (χ0) is 24.1. The van der Waals surface area contributed by atoms with Gasteiger partial charge in [-0.25, -0.2) is 4.99 Å². The van der Waals surface area contributed by atoms with Crippen molar-refractivity contribution in [3.63, 3.8) is 0 Å². The number of amidine groups is 1. The molecule has 1 aliphatic heterocycles. The van der Waals surface area contributed by atoms with Gasteiger partial charge in [0.05, 0.1) is 10.6 Å². The highest BCUT2D eigenvalue weighted by Crippen LogP contribution is 2.29. The summed E-state index contributed by atoms with van der Waals surface area (Å²) in [5, 5.41) is 6.65. The molecule has 0 unspecified atom stereocenters. The van der Waals surface area contributed by atoms with Crippen molar-refractivity contribution in [2.45, 2.75) is 13.8 Å². The number of anilines is 1. The molecule has 0 atom stereocenters. The first-order valence-electron chi connectivity index (χ1n) is 10.5. The minimum Gasteiger partial charge on any atom is -0.484 e. The van der Waals surface area contributed by atoms with Crippen molar-refractivity contribution in [1.29, 1.82) is 0 Å². The molecule has 0 aliphatic carbocycles. The monoisotopic (exact) mass is 491 g/mol. The molecular weight excluding hydrogens is 470 g/mol. The molecular formula is C26H22ClN3O3S. The van der Waals surface area contributed by atoms with Crippen molar-refractivity contribution < 1.29 is 14.3 Å². The molecule has 1 heterocycles. The highest BCUT2D eigenvalue weighted by atomic mass is 35.5. The summed E-state index contributed by atoms with van der Waals surface area (Å²) in [6, 6.07) is 20.0. The Morgan fingerprint density at radius 1 is 1.09 bits per heavy atom. The van der Waals surface area contributed by atoms with Crippen molar-refractivity contribution in [2.24, 2.45) is 4.99 Å². The van der Waals surface area contributed by atoms with Gasteiger partial charge in [0.1, 0.15) is 5.75 Å². The Labute approximate surface area is 207 Å². The molecule has 2 amide bonds. The Kier molecular flexibility index (Phi) is 7.35. The average Bonchev–Trinajstić information content (AvgIpc) is 3.13. The van der Waals surface area contributed by atoms with Gasteiger partial charge in [0.25, 0.3) is 11.8 Å². The normalized spacial score (nSPS) is 15.4. The minimum absolute atomic E-state index is 0.126. The number of ether oxygens (including phenoxy) is 1. The van der Waals surface area contributed by atoms with Gasteiger partial charge in [0, 0.05) is 10.7 Å². The third-order valence-electron chi connectivity index (χ3n) is 5.01. The molecule has 1 saturated heterocycles. The second-order valence-electron chi connectivity index (χ2n) is 7.67. The van der Waals surface area contributed by atoms with Crippen LogP contribution in [0.4, 0.5) is 11.4 Å². The topological polar surface area (TPSA) is 79.8 Å². The van der Waals surface area contributed by atoms with E-state index in [1.165, 1.54) is 11.8 Å². The number of amides is 2. The molecule has 0 radical (unpaired) electrons. The smallest absolute Gasteiger partial charge is 0.264 e. The minimum atomic E-state index is -0.250. The summed E-state index contributed by atoms with van der Waals surface area (Å²) < 4.78 is 5.65. The maximum atomic E-state index is 12.4. The van der Waals surface area contributed by atoms with E-state index in [1.807, 2.05) is 44.2 Å². The second-order valence-corrected chi connectivity index (χ2v) is 9.14. The number of benzene rings is 3. The van der Waals surface area contributed by atoms with E-state index in [0.717, 1.165) is 22.4 Å². The van der Waals surface area contributed by atoms with Gasteiger partial charge < -0.3 is 15.4 Å². The molecule has 0 saturated carbocycles. The predicted molar refractivity (Wildman–Crippen MR) is 139 cm³/mol. The lowest BCUT2D eigenvalue weighted by Gasteiger charge is -2.09. The van der Waals surface area contributed by atoms with Crippen molar-refractivity contribution in [1.82, 2.24) is 5.32 Å². The number of thioether (sulfide) groups is 1. The Bertz CT molecular complexity index is 1320. The van der Waals surface area contributed by atoms with Crippen molar-refractivity contribution >= 4 is 57.8 Å². The molecule has 6 nitrogen and oxygen atoms in total. The first-order chi connectivity index (χ1) is 16.4. The van der Waals surface area contributed by atoms with Gasteiger partial charge in [0.15, 0.2) is 11.8 Å². The SMILES string of the molecule is Cc1ccc(NC(=O)COc2cccc(/C=C3\SC(=Nc4cccc(Cl)c4)NC3=O)c2)cc1C. The van der Waals surface area contributed by atoms with Crippen LogP contribution in [-0.4, -0.2) is 23.6 Å². The van der Waals surface area contributed by atoms with Crippen molar-refractivity contribution in [2.75, 3.05) is 11.9 Å². The zero-order valence-electron chi connectivity index (χ0n) is 18.6. The standard InChI is InChI=1S/C26H22ClN3O3S/c1-16-9-10-21(11-17(16)2)28-24(31)15-33-22-8-3-5-18(12-22)13-23-25(32)30-26(34-23)29-20-7-4-6-19(27)14-20/h3-14H,15H2,1-2H3,(H,28,31)(H,29,30,32)/b23-13-. The van der Waals surface area contributed by atoms with E-state index in [-0.39, 0.29) is 18.4 Å². The third kappa shape index (κ3) is 6.27. The van der Waals surface area contributed by atoms with Crippen LogP contribution in [0.2, 0.25) is 5.02 Å². The van der Waals surface area contributed by atoms with E-state index in [4.69, 9.17) is 16.3 Å². The maximum Gasteiger partial charge on any atom is 0.264 e. The Morgan fingerprint density at radius 2 is 1.91 bits per heavy atom. The number of nitrogens with zero attached hydrogens (tertiary/aromatic N) is 1. The summed E-state index contributed by atoms with van der Waals surface area (Å²) in [4.78, 5) is 29.6. The molecule has 172 valence electrons. The highest BCUT2D eigenvalue weighted by Gasteiger charge is 2.23. The van der Waals surface area contributed by atoms with Crippen LogP contribution in [0, 0.1) is 13.8 Å². The first-order valence-corrected chi connectivity index (χ1v) is 11.7. The molecule has 0 bridgehead atoms. The first kappa shape index (κ1) is 23.6. The van der Waals surface area contributed by atoms with Crippen LogP contribution < -0.4 is 15.4 Å². The fraction of sp³-hybridized carbons (Fsp3) is 0.115. The van der Waals surface area contributed by atoms with E-state index in [9.17, 15) is 9.59 Å². The molecule has 0 aromatic heterocycles. The summed E-state index contributed by atoms with van der Waals surface area (Å²) in [7, 11) is 0. The average molecular weight is 492 g/mol. The number of halogens is 1. The summed E-state index contributed by atoms with van der Waals surface area (Å²) >= 11 is 7.24. The lowest BCUT2D eigenvalue weighted by molar-refractivity contribution is -0.118. The number of hydrogen-bond acceptors (Lipinski definition) is 5. The molecule has 1 aliphatic rings. The zero-order valence-corrected chi connectivity index (χ0v) is 20.2. The molecule has 2 N–H and O–H groups in total. The van der Waals surface area contributed by atoms with Crippen LogP contribution in [0.3, 0.4) is 0 Å². The van der Waals surface area contributed by atoms with E-state index in [2.05, 4.69) is 15.6 Å². The number of aryl methyl sites for hydroxylation is 2. The van der Waals surface area contributed by atoms with Crippen molar-refractivity contribution in [3.05, 3.63) is 93.3 Å². The van der Waals surface area contributed by atoms with Gasteiger partial charge in [-0.1, -0.05) is 35.9 Å². The van der Waals surface area contributed by atoms with E-state index >= 15 is 0 Å². The van der Waals surface area contributed by atoms with Gasteiger partial charge in [-0.05, 0) is 90.8 Å². The Balaban J connectivity index is 1.38.